The molecule has 0 aromatic heterocycles. The predicted octanol–water partition coefficient (Wildman–Crippen LogP) is 6.65. The minimum absolute atomic E-state index is 0.0387. The van der Waals surface area contributed by atoms with Gasteiger partial charge in [0.25, 0.3) is 0 Å². The molecule has 3 rings (SSSR count). The van der Waals surface area contributed by atoms with Gasteiger partial charge in [-0.1, -0.05) is 60.7 Å². The molecule has 0 amide bonds. The van der Waals surface area contributed by atoms with Gasteiger partial charge in [-0.15, -0.1) is 0 Å². The molecule has 0 radical (unpaired) electrons. The molecule has 6 heteroatoms. The van der Waals surface area contributed by atoms with Crippen LogP contribution < -0.4 is 4.74 Å². The fourth-order valence-electron chi connectivity index (χ4n) is 3.63. The van der Waals surface area contributed by atoms with Gasteiger partial charge in [0.1, 0.15) is 19.0 Å². The first-order chi connectivity index (χ1) is 15.2. The first-order valence-corrected chi connectivity index (χ1v) is 10.2. The number of hydrogen-bond donors (Lipinski definition) is 0. The van der Waals surface area contributed by atoms with Crippen molar-refractivity contribution in [3.63, 3.8) is 0 Å². The van der Waals surface area contributed by atoms with E-state index in [0.29, 0.717) is 11.1 Å². The van der Waals surface area contributed by atoms with E-state index < -0.39 is 18.6 Å². The van der Waals surface area contributed by atoms with Crippen LogP contribution in [0.3, 0.4) is 0 Å². The summed E-state index contributed by atoms with van der Waals surface area (Å²) in [5.74, 6) is -0.481. The van der Waals surface area contributed by atoms with Crippen LogP contribution in [0.2, 0.25) is 0 Å². The Labute approximate surface area is 185 Å². The van der Waals surface area contributed by atoms with Crippen LogP contribution in [-0.2, 0) is 24.4 Å². The van der Waals surface area contributed by atoms with Crippen molar-refractivity contribution in [3.8, 4) is 5.75 Å². The number of benzene rings is 3. The molecule has 3 aromatic carbocycles. The molecule has 0 bridgehead atoms. The molecular weight excluding hydrogens is 417 g/mol. The molecule has 0 aliphatic carbocycles. The van der Waals surface area contributed by atoms with E-state index in [9.17, 15) is 18.0 Å². The van der Waals surface area contributed by atoms with Gasteiger partial charge in [0.2, 0.25) is 0 Å². The van der Waals surface area contributed by atoms with E-state index in [0.717, 1.165) is 11.1 Å². The van der Waals surface area contributed by atoms with Crippen LogP contribution in [0, 0.1) is 20.8 Å². The molecule has 0 unspecified atom stereocenters. The van der Waals surface area contributed by atoms with Gasteiger partial charge in [0.05, 0.1) is 12.0 Å². The second-order valence-electron chi connectivity index (χ2n) is 7.69. The zero-order valence-electron chi connectivity index (χ0n) is 18.3. The molecule has 0 heterocycles. The Morgan fingerprint density at radius 3 is 1.84 bits per heavy atom. The average Bonchev–Trinajstić information content (AvgIpc) is 2.76. The van der Waals surface area contributed by atoms with Gasteiger partial charge in [0.15, 0.2) is 0 Å². The van der Waals surface area contributed by atoms with Crippen molar-refractivity contribution >= 4 is 5.97 Å². The van der Waals surface area contributed by atoms with E-state index in [1.807, 2.05) is 60.7 Å². The summed E-state index contributed by atoms with van der Waals surface area (Å²) in [4.78, 5) is 12.9. The summed E-state index contributed by atoms with van der Waals surface area (Å²) in [6.45, 7) is 5.06. The van der Waals surface area contributed by atoms with Gasteiger partial charge in [-0.2, -0.15) is 13.2 Å². The third kappa shape index (κ3) is 5.69. The lowest BCUT2D eigenvalue weighted by Crippen LogP contribution is -2.19. The normalized spacial score (nSPS) is 11.3. The zero-order valence-corrected chi connectivity index (χ0v) is 18.3. The number of hydrogen-bond acceptors (Lipinski definition) is 3. The Balaban J connectivity index is 1.96. The lowest BCUT2D eigenvalue weighted by atomic mass is 9.90. The smallest absolute Gasteiger partial charge is 0.393 e. The predicted molar refractivity (Wildman–Crippen MR) is 117 cm³/mol. The molecule has 0 saturated carbocycles. The summed E-state index contributed by atoms with van der Waals surface area (Å²) < 4.78 is 51.6. The SMILES string of the molecule is Cc1c(C)c(C(=O)OCc2ccccc2)c(C)c(CC(F)(F)F)c1OCc1ccccc1. The van der Waals surface area contributed by atoms with Crippen molar-refractivity contribution in [3.05, 3.63) is 99.6 Å². The van der Waals surface area contributed by atoms with Crippen molar-refractivity contribution in [1.82, 2.24) is 0 Å². The van der Waals surface area contributed by atoms with Gasteiger partial charge >= 0.3 is 12.1 Å². The van der Waals surface area contributed by atoms with Crippen LogP contribution in [0.1, 0.15) is 43.7 Å². The maximum atomic E-state index is 13.4. The molecule has 0 N–H and O–H groups in total. The quantitative estimate of drug-likeness (QED) is 0.384. The first-order valence-electron chi connectivity index (χ1n) is 10.2. The Morgan fingerprint density at radius 1 is 0.781 bits per heavy atom. The largest absolute Gasteiger partial charge is 0.488 e. The Bertz CT molecular complexity index is 1080. The summed E-state index contributed by atoms with van der Waals surface area (Å²) in [6, 6.07) is 18.3. The zero-order chi connectivity index (χ0) is 23.3. The number of carbonyl (C=O) groups excluding carboxylic acids is 1. The van der Waals surface area contributed by atoms with Crippen LogP contribution in [0.25, 0.3) is 0 Å². The Morgan fingerprint density at radius 2 is 1.31 bits per heavy atom. The number of carbonyl (C=O) groups is 1. The molecule has 32 heavy (non-hydrogen) atoms. The minimum Gasteiger partial charge on any atom is -0.488 e. The summed E-state index contributed by atoms with van der Waals surface area (Å²) in [5.41, 5.74) is 3.03. The third-order valence-corrected chi connectivity index (χ3v) is 5.40. The molecule has 3 aromatic rings. The molecule has 0 aliphatic heterocycles. The molecule has 0 atom stereocenters. The Kier molecular flexibility index (Phi) is 7.23. The number of alkyl halides is 3. The highest BCUT2D eigenvalue weighted by Gasteiger charge is 2.33. The topological polar surface area (TPSA) is 35.5 Å². The fraction of sp³-hybridized carbons (Fsp3) is 0.269. The van der Waals surface area contributed by atoms with Gasteiger partial charge in [-0.25, -0.2) is 4.79 Å². The minimum atomic E-state index is -4.46. The van der Waals surface area contributed by atoms with E-state index in [4.69, 9.17) is 9.47 Å². The Hall–Kier alpha value is -3.28. The van der Waals surface area contributed by atoms with Crippen molar-refractivity contribution in [2.45, 2.75) is 46.6 Å². The van der Waals surface area contributed by atoms with Crippen LogP contribution in [0.4, 0.5) is 13.2 Å². The van der Waals surface area contributed by atoms with Gasteiger partial charge in [-0.3, -0.25) is 0 Å². The second-order valence-corrected chi connectivity index (χ2v) is 7.69. The van der Waals surface area contributed by atoms with Crippen molar-refractivity contribution in [2.75, 3.05) is 0 Å². The van der Waals surface area contributed by atoms with Crippen molar-refractivity contribution < 1.29 is 27.4 Å². The lowest BCUT2D eigenvalue weighted by molar-refractivity contribution is -0.127. The number of ether oxygens (including phenoxy) is 2. The fourth-order valence-corrected chi connectivity index (χ4v) is 3.63. The number of halogens is 3. The summed E-state index contributed by atoms with van der Waals surface area (Å²) in [7, 11) is 0. The number of esters is 1. The highest BCUT2D eigenvalue weighted by Crippen LogP contribution is 2.38. The van der Waals surface area contributed by atoms with E-state index in [1.165, 1.54) is 6.92 Å². The molecule has 168 valence electrons. The van der Waals surface area contributed by atoms with E-state index in [2.05, 4.69) is 0 Å². The number of rotatable bonds is 7. The molecule has 0 aliphatic rings. The summed E-state index contributed by atoms with van der Waals surface area (Å²) in [5, 5.41) is 0. The third-order valence-electron chi connectivity index (χ3n) is 5.40. The first kappa shape index (κ1) is 23.4. The van der Waals surface area contributed by atoms with Crippen molar-refractivity contribution in [1.29, 1.82) is 0 Å². The second kappa shape index (κ2) is 9.90. The molecule has 0 saturated heterocycles. The molecule has 0 fully saturated rings. The maximum Gasteiger partial charge on any atom is 0.393 e. The molecular formula is C26H25F3O3. The van der Waals surface area contributed by atoms with E-state index in [1.54, 1.807) is 13.8 Å². The highest BCUT2D eigenvalue weighted by atomic mass is 19.4. The monoisotopic (exact) mass is 442 g/mol. The van der Waals surface area contributed by atoms with Crippen LogP contribution in [-0.4, -0.2) is 12.1 Å². The molecule has 3 nitrogen and oxygen atoms in total. The summed E-state index contributed by atoms with van der Waals surface area (Å²) >= 11 is 0. The summed E-state index contributed by atoms with van der Waals surface area (Å²) in [6.07, 6.45) is -5.65. The van der Waals surface area contributed by atoms with Crippen LogP contribution >= 0.6 is 0 Å². The standard InChI is InChI=1S/C26H25F3O3/c1-17-18(2)24(31-15-20-10-6-4-7-11-20)22(14-26(27,28)29)19(3)23(17)25(30)32-16-21-12-8-5-9-13-21/h4-13H,14-16H2,1-3H3. The van der Waals surface area contributed by atoms with E-state index >= 15 is 0 Å². The lowest BCUT2D eigenvalue weighted by Gasteiger charge is -2.22. The van der Waals surface area contributed by atoms with Crippen LogP contribution in [0.15, 0.2) is 60.7 Å². The molecule has 0 spiro atoms. The van der Waals surface area contributed by atoms with Crippen molar-refractivity contribution in [2.24, 2.45) is 0 Å². The van der Waals surface area contributed by atoms with E-state index in [-0.39, 0.29) is 35.7 Å². The van der Waals surface area contributed by atoms with Gasteiger partial charge in [-0.05, 0) is 48.6 Å². The van der Waals surface area contributed by atoms with Gasteiger partial charge < -0.3 is 9.47 Å². The van der Waals surface area contributed by atoms with Gasteiger partial charge in [0, 0.05) is 5.56 Å². The highest BCUT2D eigenvalue weighted by molar-refractivity contribution is 5.94. The maximum absolute atomic E-state index is 13.4. The average molecular weight is 442 g/mol. The van der Waals surface area contributed by atoms with Crippen LogP contribution in [0.5, 0.6) is 5.75 Å².